The van der Waals surface area contributed by atoms with Crippen molar-refractivity contribution in [2.24, 2.45) is 0 Å². The lowest BCUT2D eigenvalue weighted by Crippen LogP contribution is -2.11. The van der Waals surface area contributed by atoms with Gasteiger partial charge < -0.3 is 15.2 Å². The van der Waals surface area contributed by atoms with Gasteiger partial charge in [-0.3, -0.25) is 9.48 Å². The molecule has 0 radical (unpaired) electrons. The Kier molecular flexibility index (Phi) is 4.37. The second kappa shape index (κ2) is 6.21. The summed E-state index contributed by atoms with van der Waals surface area (Å²) < 4.78 is 6.80. The van der Waals surface area contributed by atoms with Crippen LogP contribution in [0.2, 0.25) is 0 Å². The third kappa shape index (κ3) is 2.97. The summed E-state index contributed by atoms with van der Waals surface area (Å²) in [6.45, 7) is 2.51. The summed E-state index contributed by atoms with van der Waals surface area (Å²) in [5, 5.41) is 16.1. The molecule has 0 saturated heterocycles. The van der Waals surface area contributed by atoms with Crippen molar-refractivity contribution >= 4 is 11.6 Å². The summed E-state index contributed by atoms with van der Waals surface area (Å²) in [7, 11) is 1.53. The van der Waals surface area contributed by atoms with Crippen molar-refractivity contribution < 1.29 is 14.6 Å². The third-order valence-electron chi connectivity index (χ3n) is 2.93. The molecule has 0 saturated carbocycles. The van der Waals surface area contributed by atoms with E-state index in [0.29, 0.717) is 29.1 Å². The average Bonchev–Trinajstić information content (AvgIpc) is 2.96. The van der Waals surface area contributed by atoms with E-state index in [-0.39, 0.29) is 12.5 Å². The number of rotatable bonds is 5. The van der Waals surface area contributed by atoms with Crippen LogP contribution in [0.1, 0.15) is 22.8 Å². The van der Waals surface area contributed by atoms with E-state index in [1.54, 1.807) is 29.1 Å². The molecule has 0 aliphatic rings. The van der Waals surface area contributed by atoms with Crippen LogP contribution in [-0.4, -0.2) is 27.9 Å². The molecule has 6 nitrogen and oxygen atoms in total. The number of aromatic nitrogens is 2. The highest BCUT2D eigenvalue weighted by Gasteiger charge is 2.10. The molecule has 0 spiro atoms. The minimum atomic E-state index is -0.237. The molecule has 1 amide bonds. The molecule has 0 aliphatic carbocycles. The van der Waals surface area contributed by atoms with Crippen LogP contribution in [0.15, 0.2) is 30.6 Å². The number of ether oxygens (including phenoxy) is 1. The van der Waals surface area contributed by atoms with E-state index < -0.39 is 0 Å². The topological polar surface area (TPSA) is 76.4 Å². The first kappa shape index (κ1) is 14.1. The Hall–Kier alpha value is -2.34. The van der Waals surface area contributed by atoms with Crippen LogP contribution in [-0.2, 0) is 13.2 Å². The summed E-state index contributed by atoms with van der Waals surface area (Å²) >= 11 is 0. The number of nitrogens with zero attached hydrogens (tertiary/aromatic N) is 2. The Morgan fingerprint density at radius 3 is 2.90 bits per heavy atom. The zero-order valence-electron chi connectivity index (χ0n) is 11.5. The standard InChI is InChI=1S/C14H17N3O3/c1-3-17-8-11(7-15-17)14(19)16-12-4-5-13(20-2)10(6-12)9-18/h4-8,18H,3,9H2,1-2H3,(H,16,19). The largest absolute Gasteiger partial charge is 0.496 e. The Morgan fingerprint density at radius 1 is 1.50 bits per heavy atom. The molecule has 2 rings (SSSR count). The third-order valence-corrected chi connectivity index (χ3v) is 2.93. The zero-order chi connectivity index (χ0) is 14.5. The second-order valence-electron chi connectivity index (χ2n) is 4.22. The molecule has 1 heterocycles. The predicted molar refractivity (Wildman–Crippen MR) is 74.8 cm³/mol. The van der Waals surface area contributed by atoms with Gasteiger partial charge in [0.15, 0.2) is 0 Å². The fraction of sp³-hybridized carbons (Fsp3) is 0.286. The van der Waals surface area contributed by atoms with Gasteiger partial charge in [-0.25, -0.2) is 0 Å². The molecule has 1 aromatic heterocycles. The number of carbonyl (C=O) groups is 1. The molecule has 106 valence electrons. The number of nitrogens with one attached hydrogen (secondary N) is 1. The minimum Gasteiger partial charge on any atom is -0.496 e. The van der Waals surface area contributed by atoms with E-state index in [0.717, 1.165) is 0 Å². The van der Waals surface area contributed by atoms with Crippen molar-refractivity contribution in [2.45, 2.75) is 20.1 Å². The number of hydrogen-bond acceptors (Lipinski definition) is 4. The van der Waals surface area contributed by atoms with E-state index in [2.05, 4.69) is 10.4 Å². The molecule has 0 aliphatic heterocycles. The molecule has 0 fully saturated rings. The highest BCUT2D eigenvalue weighted by atomic mass is 16.5. The van der Waals surface area contributed by atoms with Crippen LogP contribution in [0.4, 0.5) is 5.69 Å². The van der Waals surface area contributed by atoms with Gasteiger partial charge in [0.2, 0.25) is 0 Å². The van der Waals surface area contributed by atoms with Crippen LogP contribution >= 0.6 is 0 Å². The van der Waals surface area contributed by atoms with E-state index in [9.17, 15) is 9.90 Å². The Bertz CT molecular complexity index is 607. The summed E-state index contributed by atoms with van der Waals surface area (Å²) in [5.41, 5.74) is 1.71. The van der Waals surface area contributed by atoms with Gasteiger partial charge in [0.25, 0.3) is 5.91 Å². The van der Waals surface area contributed by atoms with Gasteiger partial charge >= 0.3 is 0 Å². The lowest BCUT2D eigenvalue weighted by Gasteiger charge is -2.09. The van der Waals surface area contributed by atoms with Crippen LogP contribution in [0.3, 0.4) is 0 Å². The highest BCUT2D eigenvalue weighted by molar-refractivity contribution is 6.04. The monoisotopic (exact) mass is 275 g/mol. The van der Waals surface area contributed by atoms with Crippen LogP contribution in [0.5, 0.6) is 5.75 Å². The summed E-state index contributed by atoms with van der Waals surface area (Å²) in [6, 6.07) is 5.11. The van der Waals surface area contributed by atoms with Gasteiger partial charge in [0.05, 0.1) is 25.5 Å². The van der Waals surface area contributed by atoms with Crippen LogP contribution in [0.25, 0.3) is 0 Å². The predicted octanol–water partition coefficient (Wildman–Crippen LogP) is 1.66. The van der Waals surface area contributed by atoms with Crippen molar-refractivity contribution in [3.63, 3.8) is 0 Å². The quantitative estimate of drug-likeness (QED) is 0.870. The van der Waals surface area contributed by atoms with Gasteiger partial charge in [-0.2, -0.15) is 5.10 Å². The fourth-order valence-corrected chi connectivity index (χ4v) is 1.84. The Labute approximate surface area is 117 Å². The van der Waals surface area contributed by atoms with Gasteiger partial charge in [0, 0.05) is 24.0 Å². The van der Waals surface area contributed by atoms with Crippen LogP contribution in [0, 0.1) is 0 Å². The normalized spacial score (nSPS) is 10.3. The lowest BCUT2D eigenvalue weighted by atomic mass is 10.2. The zero-order valence-corrected chi connectivity index (χ0v) is 11.5. The number of anilines is 1. The van der Waals surface area contributed by atoms with E-state index in [1.807, 2.05) is 6.92 Å². The molecular weight excluding hydrogens is 258 g/mol. The van der Waals surface area contributed by atoms with E-state index in [1.165, 1.54) is 13.3 Å². The van der Waals surface area contributed by atoms with Crippen molar-refractivity contribution in [1.82, 2.24) is 9.78 Å². The molecule has 2 N–H and O–H groups in total. The van der Waals surface area contributed by atoms with Crippen molar-refractivity contribution in [2.75, 3.05) is 12.4 Å². The van der Waals surface area contributed by atoms with E-state index in [4.69, 9.17) is 4.74 Å². The van der Waals surface area contributed by atoms with Crippen molar-refractivity contribution in [1.29, 1.82) is 0 Å². The average molecular weight is 275 g/mol. The SMILES string of the molecule is CCn1cc(C(=O)Nc2ccc(OC)c(CO)c2)cn1. The highest BCUT2D eigenvalue weighted by Crippen LogP contribution is 2.22. The lowest BCUT2D eigenvalue weighted by molar-refractivity contribution is 0.102. The molecule has 0 bridgehead atoms. The summed E-state index contributed by atoms with van der Waals surface area (Å²) in [4.78, 5) is 12.0. The van der Waals surface area contributed by atoms with E-state index >= 15 is 0 Å². The molecule has 2 aromatic rings. The second-order valence-corrected chi connectivity index (χ2v) is 4.22. The maximum Gasteiger partial charge on any atom is 0.258 e. The molecule has 0 atom stereocenters. The first-order valence-corrected chi connectivity index (χ1v) is 6.29. The van der Waals surface area contributed by atoms with Gasteiger partial charge in [-0.1, -0.05) is 0 Å². The number of aliphatic hydroxyl groups excluding tert-OH is 1. The fourth-order valence-electron chi connectivity index (χ4n) is 1.84. The number of carbonyl (C=O) groups excluding carboxylic acids is 1. The smallest absolute Gasteiger partial charge is 0.258 e. The molecule has 20 heavy (non-hydrogen) atoms. The van der Waals surface area contributed by atoms with Crippen LogP contribution < -0.4 is 10.1 Å². The van der Waals surface area contributed by atoms with Crippen molar-refractivity contribution in [3.05, 3.63) is 41.7 Å². The first-order valence-electron chi connectivity index (χ1n) is 6.29. The molecule has 6 heteroatoms. The number of methoxy groups -OCH3 is 1. The summed E-state index contributed by atoms with van der Waals surface area (Å²) in [6.07, 6.45) is 3.21. The first-order chi connectivity index (χ1) is 9.67. The minimum absolute atomic E-state index is 0.152. The molecule has 1 aromatic carbocycles. The number of hydrogen-bond donors (Lipinski definition) is 2. The molecule has 0 unspecified atom stereocenters. The maximum atomic E-state index is 12.0. The number of benzene rings is 1. The maximum absolute atomic E-state index is 12.0. The van der Waals surface area contributed by atoms with Gasteiger partial charge in [-0.05, 0) is 25.1 Å². The summed E-state index contributed by atoms with van der Waals surface area (Å²) in [5.74, 6) is 0.350. The van der Waals surface area contributed by atoms with Gasteiger partial charge in [0.1, 0.15) is 5.75 Å². The van der Waals surface area contributed by atoms with Crippen molar-refractivity contribution in [3.8, 4) is 5.75 Å². The Balaban J connectivity index is 2.15. The number of aryl methyl sites for hydroxylation is 1. The molecular formula is C14H17N3O3. The Morgan fingerprint density at radius 2 is 2.30 bits per heavy atom. The number of aliphatic hydroxyl groups is 1. The number of amides is 1. The van der Waals surface area contributed by atoms with Gasteiger partial charge in [-0.15, -0.1) is 0 Å².